The van der Waals surface area contributed by atoms with Crippen LogP contribution in [0.1, 0.15) is 45.6 Å². The lowest BCUT2D eigenvalue weighted by Crippen LogP contribution is -2.36. The molecule has 1 saturated heterocycles. The number of nitro groups is 1. The maximum absolute atomic E-state index is 13.3. The Kier molecular flexibility index (Phi) is 7.50. The Bertz CT molecular complexity index is 1010. The third-order valence-electron chi connectivity index (χ3n) is 5.42. The van der Waals surface area contributed by atoms with Gasteiger partial charge >= 0.3 is 11.9 Å². The molecular formula is C23H28N2O8. The molecule has 0 spiro atoms. The van der Waals surface area contributed by atoms with Gasteiger partial charge in [-0.25, -0.2) is 9.59 Å². The number of nitrogens with one attached hydrogen (secondary N) is 1. The number of hydrogen-bond donors (Lipinski definition) is 1. The minimum Gasteiger partial charge on any atom is -0.462 e. The van der Waals surface area contributed by atoms with Gasteiger partial charge in [-0.2, -0.15) is 0 Å². The van der Waals surface area contributed by atoms with Crippen LogP contribution in [0.5, 0.6) is 0 Å². The fraction of sp³-hybridized carbons (Fsp3) is 0.478. The summed E-state index contributed by atoms with van der Waals surface area (Å²) in [6.07, 6.45) is 0.620. The highest BCUT2D eigenvalue weighted by molar-refractivity contribution is 6.00. The summed E-state index contributed by atoms with van der Waals surface area (Å²) in [5.41, 5.74) is 1.57. The third-order valence-corrected chi connectivity index (χ3v) is 5.42. The van der Waals surface area contributed by atoms with E-state index in [1.54, 1.807) is 26.8 Å². The molecule has 1 aromatic rings. The minimum absolute atomic E-state index is 0.150. The number of hydrogen-bond acceptors (Lipinski definition) is 9. The number of ether oxygens (including phenoxy) is 4. The molecule has 0 saturated carbocycles. The number of dihydropyridines is 1. The van der Waals surface area contributed by atoms with Gasteiger partial charge in [0.25, 0.3) is 5.69 Å². The van der Waals surface area contributed by atoms with E-state index in [-0.39, 0.29) is 30.0 Å². The van der Waals surface area contributed by atoms with Gasteiger partial charge in [-0.3, -0.25) is 10.1 Å². The van der Waals surface area contributed by atoms with Crippen LogP contribution in [0.25, 0.3) is 0 Å². The minimum atomic E-state index is -1.05. The first-order valence-corrected chi connectivity index (χ1v) is 10.7. The highest BCUT2D eigenvalue weighted by Gasteiger charge is 2.40. The number of rotatable bonds is 8. The molecule has 178 valence electrons. The van der Waals surface area contributed by atoms with Gasteiger partial charge in [0.2, 0.25) is 0 Å². The molecule has 1 aromatic carbocycles. The molecule has 0 aromatic heterocycles. The van der Waals surface area contributed by atoms with Crippen LogP contribution in [0.3, 0.4) is 0 Å². The molecule has 1 unspecified atom stereocenters. The Labute approximate surface area is 191 Å². The van der Waals surface area contributed by atoms with Crippen LogP contribution in [-0.2, 0) is 28.5 Å². The van der Waals surface area contributed by atoms with E-state index in [2.05, 4.69) is 5.32 Å². The van der Waals surface area contributed by atoms with Crippen molar-refractivity contribution in [2.45, 2.75) is 45.8 Å². The van der Waals surface area contributed by atoms with Gasteiger partial charge in [0.15, 0.2) is 5.79 Å². The van der Waals surface area contributed by atoms with Gasteiger partial charge in [-0.1, -0.05) is 19.1 Å². The van der Waals surface area contributed by atoms with E-state index < -0.39 is 28.6 Å². The number of allylic oxidation sites excluding steroid dienone is 2. The van der Waals surface area contributed by atoms with Crippen molar-refractivity contribution >= 4 is 17.6 Å². The zero-order valence-corrected chi connectivity index (χ0v) is 19.1. The zero-order valence-electron chi connectivity index (χ0n) is 19.1. The summed E-state index contributed by atoms with van der Waals surface area (Å²) >= 11 is 0. The molecule has 3 rings (SSSR count). The molecule has 0 aliphatic carbocycles. The second kappa shape index (κ2) is 10.1. The standard InChI is InChI=1S/C23H28N2O8/c1-5-9-30-21(26)18-14(2)24-15(3)19(22(27)31-13-23(4)32-10-11-33-23)20(18)16-7-6-8-17(12-16)25(28)29/h6-8,12,20,24H,5,9-11,13H2,1-4H3. The van der Waals surface area contributed by atoms with Crippen LogP contribution in [0.4, 0.5) is 5.69 Å². The Morgan fingerprint density at radius 3 is 2.33 bits per heavy atom. The van der Waals surface area contributed by atoms with Crippen molar-refractivity contribution < 1.29 is 33.5 Å². The fourth-order valence-electron chi connectivity index (χ4n) is 3.87. The van der Waals surface area contributed by atoms with Crippen molar-refractivity contribution in [1.82, 2.24) is 5.32 Å². The second-order valence-corrected chi connectivity index (χ2v) is 8.03. The number of nitro benzene ring substituents is 1. The summed E-state index contributed by atoms with van der Waals surface area (Å²) in [4.78, 5) is 37.1. The molecule has 2 aliphatic rings. The molecule has 33 heavy (non-hydrogen) atoms. The van der Waals surface area contributed by atoms with Gasteiger partial charge in [0, 0.05) is 23.5 Å². The first-order chi connectivity index (χ1) is 15.7. The Morgan fingerprint density at radius 1 is 1.15 bits per heavy atom. The molecule has 1 fully saturated rings. The average molecular weight is 460 g/mol. The van der Waals surface area contributed by atoms with Crippen LogP contribution in [0, 0.1) is 10.1 Å². The first kappa shape index (κ1) is 24.4. The Balaban J connectivity index is 2.02. The molecular weight excluding hydrogens is 432 g/mol. The van der Waals surface area contributed by atoms with E-state index in [4.69, 9.17) is 18.9 Å². The van der Waals surface area contributed by atoms with Crippen LogP contribution in [0.2, 0.25) is 0 Å². The highest BCUT2D eigenvalue weighted by Crippen LogP contribution is 2.40. The average Bonchev–Trinajstić information content (AvgIpc) is 3.22. The van der Waals surface area contributed by atoms with E-state index in [0.29, 0.717) is 36.6 Å². The quantitative estimate of drug-likeness (QED) is 0.354. The van der Waals surface area contributed by atoms with Crippen molar-refractivity contribution in [3.8, 4) is 0 Å². The predicted octanol–water partition coefficient (Wildman–Crippen LogP) is 3.09. The molecule has 10 nitrogen and oxygen atoms in total. The lowest BCUT2D eigenvalue weighted by Gasteiger charge is -2.31. The van der Waals surface area contributed by atoms with E-state index in [1.165, 1.54) is 18.2 Å². The maximum atomic E-state index is 13.3. The fourth-order valence-corrected chi connectivity index (χ4v) is 3.87. The summed E-state index contributed by atoms with van der Waals surface area (Å²) in [6, 6.07) is 5.84. The maximum Gasteiger partial charge on any atom is 0.336 e. The number of esters is 2. The first-order valence-electron chi connectivity index (χ1n) is 10.7. The van der Waals surface area contributed by atoms with E-state index in [1.807, 2.05) is 6.92 Å². The topological polar surface area (TPSA) is 126 Å². The summed E-state index contributed by atoms with van der Waals surface area (Å²) in [6.45, 7) is 7.75. The molecule has 0 bridgehead atoms. The summed E-state index contributed by atoms with van der Waals surface area (Å²) in [5, 5.41) is 14.4. The molecule has 0 radical (unpaired) electrons. The lowest BCUT2D eigenvalue weighted by molar-refractivity contribution is -0.384. The van der Waals surface area contributed by atoms with Crippen LogP contribution < -0.4 is 5.32 Å². The summed E-state index contributed by atoms with van der Waals surface area (Å²) in [7, 11) is 0. The van der Waals surface area contributed by atoms with Gasteiger partial charge < -0.3 is 24.3 Å². The normalized spacial score (nSPS) is 19.8. The van der Waals surface area contributed by atoms with Crippen molar-refractivity contribution in [1.29, 1.82) is 0 Å². The molecule has 0 amide bonds. The number of benzene rings is 1. The van der Waals surface area contributed by atoms with E-state index in [0.717, 1.165) is 0 Å². The zero-order chi connectivity index (χ0) is 24.2. The summed E-state index contributed by atoms with van der Waals surface area (Å²) < 4.78 is 21.9. The summed E-state index contributed by atoms with van der Waals surface area (Å²) in [5.74, 6) is -3.26. The molecule has 2 aliphatic heterocycles. The number of carbonyl (C=O) groups excluding carboxylic acids is 2. The van der Waals surface area contributed by atoms with Gasteiger partial charge in [-0.15, -0.1) is 0 Å². The predicted molar refractivity (Wildman–Crippen MR) is 117 cm³/mol. The second-order valence-electron chi connectivity index (χ2n) is 8.03. The largest absolute Gasteiger partial charge is 0.462 e. The SMILES string of the molecule is CCCOC(=O)C1=C(C)NC(C)=C(C(=O)OCC2(C)OCCO2)C1c1cccc([N+](=O)[O-])c1. The van der Waals surface area contributed by atoms with E-state index in [9.17, 15) is 19.7 Å². The number of nitrogens with zero attached hydrogens (tertiary/aromatic N) is 1. The molecule has 10 heteroatoms. The molecule has 2 heterocycles. The van der Waals surface area contributed by atoms with Crippen molar-refractivity contribution in [2.24, 2.45) is 0 Å². The highest BCUT2D eigenvalue weighted by atomic mass is 16.8. The monoisotopic (exact) mass is 460 g/mol. The Hall–Kier alpha value is -3.24. The lowest BCUT2D eigenvalue weighted by atomic mass is 9.80. The van der Waals surface area contributed by atoms with Crippen molar-refractivity contribution in [2.75, 3.05) is 26.4 Å². The van der Waals surface area contributed by atoms with Gasteiger partial charge in [0.1, 0.15) is 6.61 Å². The molecule has 1 atom stereocenters. The van der Waals surface area contributed by atoms with Crippen LogP contribution in [0.15, 0.2) is 46.8 Å². The smallest absolute Gasteiger partial charge is 0.336 e. The van der Waals surface area contributed by atoms with Crippen molar-refractivity contribution in [3.05, 3.63) is 62.5 Å². The van der Waals surface area contributed by atoms with Crippen LogP contribution >= 0.6 is 0 Å². The number of carbonyl (C=O) groups is 2. The molecule has 1 N–H and O–H groups in total. The van der Waals surface area contributed by atoms with Gasteiger partial charge in [0.05, 0.1) is 41.8 Å². The van der Waals surface area contributed by atoms with Gasteiger partial charge in [-0.05, 0) is 32.8 Å². The van der Waals surface area contributed by atoms with Crippen molar-refractivity contribution in [3.63, 3.8) is 0 Å². The van der Waals surface area contributed by atoms with Crippen LogP contribution in [-0.4, -0.2) is 49.1 Å². The third kappa shape index (κ3) is 5.40. The Morgan fingerprint density at radius 2 is 1.76 bits per heavy atom. The number of non-ortho nitro benzene ring substituents is 1. The van der Waals surface area contributed by atoms with E-state index >= 15 is 0 Å².